The third-order valence-electron chi connectivity index (χ3n) is 6.63. The summed E-state index contributed by atoms with van der Waals surface area (Å²) in [6, 6.07) is 32.1. The molecule has 0 saturated heterocycles. The third-order valence-corrected chi connectivity index (χ3v) is 9.31. The largest absolute Gasteiger partial charge is 0.508 e. The zero-order valence-corrected chi connectivity index (χ0v) is 23.3. The highest BCUT2D eigenvalue weighted by atomic mass is 32.2. The molecule has 1 unspecified atom stereocenters. The van der Waals surface area contributed by atoms with E-state index in [0.717, 1.165) is 33.1 Å². The second-order valence-corrected chi connectivity index (χ2v) is 12.0. The van der Waals surface area contributed by atoms with Crippen LogP contribution in [-0.2, 0) is 6.42 Å². The van der Waals surface area contributed by atoms with E-state index in [1.807, 2.05) is 24.8 Å². The first-order valence-corrected chi connectivity index (χ1v) is 14.2. The van der Waals surface area contributed by atoms with Crippen molar-refractivity contribution in [2.75, 3.05) is 0 Å². The van der Waals surface area contributed by atoms with Gasteiger partial charge >= 0.3 is 0 Å². The van der Waals surface area contributed by atoms with Crippen molar-refractivity contribution in [1.82, 2.24) is 4.98 Å². The van der Waals surface area contributed by atoms with Crippen LogP contribution in [0, 0.1) is 27.7 Å². The lowest BCUT2D eigenvalue weighted by Gasteiger charge is -2.17. The van der Waals surface area contributed by atoms with Gasteiger partial charge in [-0.25, -0.2) is 4.98 Å². The van der Waals surface area contributed by atoms with Crippen molar-refractivity contribution in [3.63, 3.8) is 0 Å². The highest BCUT2D eigenvalue weighted by Crippen LogP contribution is 2.44. The highest BCUT2D eigenvalue weighted by molar-refractivity contribution is 7.99. The monoisotopic (exact) mass is 521 g/mol. The summed E-state index contributed by atoms with van der Waals surface area (Å²) < 4.78 is 0. The van der Waals surface area contributed by atoms with Gasteiger partial charge in [0.1, 0.15) is 10.8 Å². The Morgan fingerprint density at radius 2 is 1.30 bits per heavy atom. The number of phenols is 1. The average molecular weight is 522 g/mol. The summed E-state index contributed by atoms with van der Waals surface area (Å²) in [5.41, 5.74) is 9.45. The summed E-state index contributed by atoms with van der Waals surface area (Å²) in [6.07, 6.45) is 0.898. The predicted octanol–water partition coefficient (Wildman–Crippen LogP) is 9.49. The molecule has 2 nitrogen and oxygen atoms in total. The van der Waals surface area contributed by atoms with Gasteiger partial charge in [0.15, 0.2) is 0 Å². The number of aromatic nitrogens is 1. The van der Waals surface area contributed by atoms with Gasteiger partial charge in [-0.05, 0) is 74.6 Å². The standard InChI is InChI=1S/C33H31NOS2/c1-21-5-11-26(12-6-21)27-15-9-25(10-16-27)20-31(36-29-17-18-30(35)23(3)19-29)32-24(4)34-33(37-32)28-13-7-22(2)8-14-28/h5-19,31,35H,20H2,1-4H3. The molecule has 0 amide bonds. The Morgan fingerprint density at radius 1 is 0.730 bits per heavy atom. The zero-order valence-electron chi connectivity index (χ0n) is 21.7. The number of benzene rings is 4. The Balaban J connectivity index is 1.46. The van der Waals surface area contributed by atoms with Gasteiger partial charge in [0.25, 0.3) is 0 Å². The van der Waals surface area contributed by atoms with Gasteiger partial charge in [-0.15, -0.1) is 23.1 Å². The minimum atomic E-state index is 0.214. The molecule has 1 atom stereocenters. The molecular weight excluding hydrogens is 491 g/mol. The topological polar surface area (TPSA) is 33.1 Å². The van der Waals surface area contributed by atoms with Crippen LogP contribution in [0.4, 0.5) is 0 Å². The van der Waals surface area contributed by atoms with Crippen LogP contribution in [0.1, 0.15) is 38.1 Å². The molecule has 0 aliphatic heterocycles. The van der Waals surface area contributed by atoms with Crippen LogP contribution < -0.4 is 0 Å². The number of hydrogen-bond donors (Lipinski definition) is 1. The fourth-order valence-corrected chi connectivity index (χ4v) is 6.99. The molecule has 1 aromatic heterocycles. The molecule has 4 heteroatoms. The minimum Gasteiger partial charge on any atom is -0.508 e. The first kappa shape index (κ1) is 25.3. The number of rotatable bonds is 7. The fraction of sp³-hybridized carbons (Fsp3) is 0.182. The van der Waals surface area contributed by atoms with E-state index in [1.54, 1.807) is 17.4 Å². The van der Waals surface area contributed by atoms with Crippen LogP contribution in [0.3, 0.4) is 0 Å². The van der Waals surface area contributed by atoms with Crippen LogP contribution in [0.5, 0.6) is 5.75 Å². The molecular formula is C33H31NOS2. The molecule has 186 valence electrons. The molecule has 1 N–H and O–H groups in total. The second-order valence-electron chi connectivity index (χ2n) is 9.66. The molecule has 37 heavy (non-hydrogen) atoms. The number of nitrogens with zero attached hydrogens (tertiary/aromatic N) is 1. The summed E-state index contributed by atoms with van der Waals surface area (Å²) in [7, 11) is 0. The maximum atomic E-state index is 10.0. The smallest absolute Gasteiger partial charge is 0.123 e. The first-order chi connectivity index (χ1) is 17.9. The molecule has 0 radical (unpaired) electrons. The molecule has 5 rings (SSSR count). The van der Waals surface area contributed by atoms with Gasteiger partial charge in [0, 0.05) is 20.6 Å². The lowest BCUT2D eigenvalue weighted by Crippen LogP contribution is -1.99. The molecule has 0 spiro atoms. The van der Waals surface area contributed by atoms with Crippen molar-refractivity contribution in [2.24, 2.45) is 0 Å². The van der Waals surface area contributed by atoms with E-state index in [-0.39, 0.29) is 5.25 Å². The lowest BCUT2D eigenvalue weighted by atomic mass is 10.0. The van der Waals surface area contributed by atoms with Gasteiger partial charge in [0.2, 0.25) is 0 Å². The van der Waals surface area contributed by atoms with Gasteiger partial charge in [0.05, 0.1) is 5.69 Å². The van der Waals surface area contributed by atoms with Crippen LogP contribution >= 0.6 is 23.1 Å². The van der Waals surface area contributed by atoms with Gasteiger partial charge < -0.3 is 5.11 Å². The quantitative estimate of drug-likeness (QED) is 0.217. The molecule has 0 saturated carbocycles. The van der Waals surface area contributed by atoms with Crippen molar-refractivity contribution < 1.29 is 5.11 Å². The number of phenolic OH excluding ortho intramolecular Hbond substituents is 1. The van der Waals surface area contributed by atoms with E-state index in [9.17, 15) is 5.11 Å². The van der Waals surface area contributed by atoms with Gasteiger partial charge in [-0.3, -0.25) is 0 Å². The summed E-state index contributed by atoms with van der Waals surface area (Å²) in [4.78, 5) is 7.43. The summed E-state index contributed by atoms with van der Waals surface area (Å²) in [5.74, 6) is 0.336. The molecule has 0 aliphatic rings. The molecule has 0 aliphatic carbocycles. The normalized spacial score (nSPS) is 12.0. The molecule has 1 heterocycles. The Hall–Kier alpha value is -3.34. The van der Waals surface area contributed by atoms with Crippen molar-refractivity contribution >= 4 is 23.1 Å². The van der Waals surface area contributed by atoms with E-state index in [2.05, 4.69) is 99.6 Å². The van der Waals surface area contributed by atoms with Gasteiger partial charge in [-0.2, -0.15) is 0 Å². The van der Waals surface area contributed by atoms with Crippen molar-refractivity contribution in [3.8, 4) is 27.4 Å². The van der Waals surface area contributed by atoms with Crippen LogP contribution in [-0.4, -0.2) is 10.1 Å². The lowest BCUT2D eigenvalue weighted by molar-refractivity contribution is 0.470. The molecule has 5 aromatic rings. The Morgan fingerprint density at radius 3 is 1.89 bits per heavy atom. The first-order valence-electron chi connectivity index (χ1n) is 12.5. The van der Waals surface area contributed by atoms with E-state index in [0.29, 0.717) is 5.75 Å². The second kappa shape index (κ2) is 11.0. The predicted molar refractivity (Wildman–Crippen MR) is 159 cm³/mol. The molecule has 0 bridgehead atoms. The van der Waals surface area contributed by atoms with Crippen LogP contribution in [0.25, 0.3) is 21.7 Å². The molecule has 4 aromatic carbocycles. The Kier molecular flexibility index (Phi) is 7.50. The van der Waals surface area contributed by atoms with Crippen LogP contribution in [0.2, 0.25) is 0 Å². The number of thioether (sulfide) groups is 1. The van der Waals surface area contributed by atoms with E-state index < -0.39 is 0 Å². The van der Waals surface area contributed by atoms with E-state index in [1.165, 1.54) is 32.7 Å². The fourth-order valence-electron chi connectivity index (χ4n) is 4.37. The molecule has 0 fully saturated rings. The minimum absolute atomic E-state index is 0.214. The third kappa shape index (κ3) is 5.98. The maximum absolute atomic E-state index is 10.0. The SMILES string of the molecule is Cc1ccc(-c2ccc(CC(Sc3ccc(O)c(C)c3)c3sc(-c4ccc(C)cc4)nc3C)cc2)cc1. The number of thiazole rings is 1. The number of aromatic hydroxyl groups is 1. The van der Waals surface area contributed by atoms with Gasteiger partial charge in [-0.1, -0.05) is 83.9 Å². The number of aryl methyl sites for hydroxylation is 4. The Labute approximate surface area is 228 Å². The van der Waals surface area contributed by atoms with Crippen LogP contribution in [0.15, 0.2) is 95.9 Å². The van der Waals surface area contributed by atoms with E-state index in [4.69, 9.17) is 4.98 Å². The van der Waals surface area contributed by atoms with Crippen molar-refractivity contribution in [3.05, 3.63) is 124 Å². The van der Waals surface area contributed by atoms with E-state index >= 15 is 0 Å². The summed E-state index contributed by atoms with van der Waals surface area (Å²) in [5, 5.41) is 11.3. The average Bonchev–Trinajstić information content (AvgIpc) is 3.28. The van der Waals surface area contributed by atoms with Crippen molar-refractivity contribution in [2.45, 2.75) is 44.3 Å². The highest BCUT2D eigenvalue weighted by Gasteiger charge is 2.21. The maximum Gasteiger partial charge on any atom is 0.123 e. The summed E-state index contributed by atoms with van der Waals surface area (Å²) >= 11 is 3.64. The van der Waals surface area contributed by atoms with Crippen molar-refractivity contribution in [1.29, 1.82) is 0 Å². The summed E-state index contributed by atoms with van der Waals surface area (Å²) in [6.45, 7) is 8.30. The Bertz CT molecular complexity index is 1500. The zero-order chi connectivity index (χ0) is 25.9. The number of hydrogen-bond acceptors (Lipinski definition) is 4.